The van der Waals surface area contributed by atoms with Crippen LogP contribution >= 0.6 is 11.6 Å². The third kappa shape index (κ3) is 8.06. The third-order valence-electron chi connectivity index (χ3n) is 3.66. The minimum atomic E-state index is -0.421. The Hall–Kier alpha value is -1.79. The molecule has 6 nitrogen and oxygen atoms in total. The number of methoxy groups -OCH3 is 1. The fourth-order valence-electron chi connectivity index (χ4n) is 2.29. The molecule has 0 saturated carbocycles. The molecule has 1 aromatic carbocycles. The highest BCUT2D eigenvalue weighted by Crippen LogP contribution is 2.23. The number of ether oxygens (including phenoxy) is 3. The molecule has 0 saturated heterocycles. The minimum Gasteiger partial charge on any atom is -0.482 e. The summed E-state index contributed by atoms with van der Waals surface area (Å²) in [4.78, 5) is 25.8. The fraction of sp³-hybridized carbons (Fsp3) is 0.579. The molecule has 0 aliphatic rings. The molecule has 146 valence electrons. The van der Waals surface area contributed by atoms with E-state index >= 15 is 0 Å². The summed E-state index contributed by atoms with van der Waals surface area (Å²) >= 11 is 6.04. The molecule has 0 aliphatic carbocycles. The van der Waals surface area contributed by atoms with Gasteiger partial charge in [-0.2, -0.15) is 0 Å². The van der Waals surface area contributed by atoms with Gasteiger partial charge in [-0.05, 0) is 32.4 Å². The molecule has 0 fully saturated rings. The molecule has 1 rings (SSSR count). The van der Waals surface area contributed by atoms with E-state index in [1.807, 2.05) is 13.8 Å². The van der Waals surface area contributed by atoms with Crippen molar-refractivity contribution in [3.63, 3.8) is 0 Å². The van der Waals surface area contributed by atoms with Crippen LogP contribution in [-0.4, -0.2) is 56.3 Å². The second-order valence-corrected chi connectivity index (χ2v) is 6.66. The summed E-state index contributed by atoms with van der Waals surface area (Å²) < 4.78 is 15.8. The van der Waals surface area contributed by atoms with Gasteiger partial charge in [0.15, 0.2) is 6.61 Å². The van der Waals surface area contributed by atoms with E-state index in [0.29, 0.717) is 30.3 Å². The number of hydrogen-bond acceptors (Lipinski definition) is 5. The Balaban J connectivity index is 2.64. The van der Waals surface area contributed by atoms with Gasteiger partial charge in [-0.3, -0.25) is 9.59 Å². The summed E-state index contributed by atoms with van der Waals surface area (Å²) in [5, 5.41) is 0.445. The summed E-state index contributed by atoms with van der Waals surface area (Å²) in [7, 11) is 1.34. The number of amides is 1. The van der Waals surface area contributed by atoms with E-state index in [4.69, 9.17) is 25.8 Å². The van der Waals surface area contributed by atoms with E-state index in [1.165, 1.54) is 7.11 Å². The normalized spacial score (nSPS) is 11.9. The number of halogens is 1. The number of nitrogens with zero attached hydrogens (tertiary/aromatic N) is 1. The maximum atomic E-state index is 12.6. The van der Waals surface area contributed by atoms with Crippen molar-refractivity contribution in [3.8, 4) is 5.75 Å². The molecule has 0 bridgehead atoms. The lowest BCUT2D eigenvalue weighted by molar-refractivity contribution is -0.146. The highest BCUT2D eigenvalue weighted by Gasteiger charge is 2.22. The summed E-state index contributed by atoms with van der Waals surface area (Å²) in [6, 6.07) is 6.97. The van der Waals surface area contributed by atoms with Crippen molar-refractivity contribution in [3.05, 3.63) is 29.3 Å². The van der Waals surface area contributed by atoms with Gasteiger partial charge in [0.05, 0.1) is 24.2 Å². The first-order valence-corrected chi connectivity index (χ1v) is 9.07. The summed E-state index contributed by atoms with van der Waals surface area (Å²) in [6.07, 6.45) is 0.806. The van der Waals surface area contributed by atoms with Gasteiger partial charge in [-0.15, -0.1) is 0 Å². The zero-order valence-electron chi connectivity index (χ0n) is 15.9. The van der Waals surface area contributed by atoms with E-state index in [1.54, 1.807) is 36.1 Å². The maximum Gasteiger partial charge on any atom is 0.310 e. The molecule has 0 aliphatic heterocycles. The first kappa shape index (κ1) is 22.3. The van der Waals surface area contributed by atoms with Crippen LogP contribution in [0.4, 0.5) is 0 Å². The Bertz CT molecular complexity index is 579. The molecule has 26 heavy (non-hydrogen) atoms. The number of carbonyl (C=O) groups is 2. The molecule has 1 amide bonds. The molecule has 1 unspecified atom stereocenters. The molecule has 1 atom stereocenters. The van der Waals surface area contributed by atoms with Gasteiger partial charge >= 0.3 is 5.97 Å². The Labute approximate surface area is 160 Å². The molecule has 0 N–H and O–H groups in total. The predicted octanol–water partition coefficient (Wildman–Crippen LogP) is 3.17. The maximum absolute atomic E-state index is 12.6. The quantitative estimate of drug-likeness (QED) is 0.432. The lowest BCUT2D eigenvalue weighted by Crippen LogP contribution is -2.40. The molecular formula is C19H28ClNO5. The molecule has 0 spiro atoms. The number of hydrogen-bond donors (Lipinski definition) is 0. The van der Waals surface area contributed by atoms with Crippen molar-refractivity contribution >= 4 is 23.5 Å². The smallest absolute Gasteiger partial charge is 0.310 e. The van der Waals surface area contributed by atoms with E-state index in [2.05, 4.69) is 0 Å². The van der Waals surface area contributed by atoms with Gasteiger partial charge < -0.3 is 19.1 Å². The number of benzene rings is 1. The van der Waals surface area contributed by atoms with Crippen molar-refractivity contribution < 1.29 is 23.8 Å². The average molecular weight is 386 g/mol. The van der Waals surface area contributed by atoms with Crippen molar-refractivity contribution in [1.82, 2.24) is 4.90 Å². The van der Waals surface area contributed by atoms with Crippen molar-refractivity contribution in [1.29, 1.82) is 0 Å². The van der Waals surface area contributed by atoms with Gasteiger partial charge in [-0.25, -0.2) is 0 Å². The van der Waals surface area contributed by atoms with Crippen LogP contribution in [0.1, 0.15) is 27.2 Å². The van der Waals surface area contributed by atoms with Crippen LogP contribution in [0.5, 0.6) is 5.75 Å². The van der Waals surface area contributed by atoms with Crippen LogP contribution in [0, 0.1) is 5.92 Å². The number of rotatable bonds is 11. The zero-order chi connectivity index (χ0) is 19.5. The first-order valence-electron chi connectivity index (χ1n) is 8.69. The van der Waals surface area contributed by atoms with Gasteiger partial charge in [-0.1, -0.05) is 30.7 Å². The van der Waals surface area contributed by atoms with E-state index in [-0.39, 0.29) is 31.1 Å². The van der Waals surface area contributed by atoms with Crippen LogP contribution in [0.3, 0.4) is 0 Å². The topological polar surface area (TPSA) is 65.1 Å². The highest BCUT2D eigenvalue weighted by atomic mass is 35.5. The van der Waals surface area contributed by atoms with Crippen molar-refractivity contribution in [2.24, 2.45) is 5.92 Å². The van der Waals surface area contributed by atoms with Crippen molar-refractivity contribution in [2.45, 2.75) is 33.3 Å². The Morgan fingerprint density at radius 1 is 1.19 bits per heavy atom. The standard InChI is InChI=1S/C19H28ClNO5/c1-14(2)25-11-7-10-21(12-15(3)19(23)24-4)18(22)13-26-17-9-6-5-8-16(17)20/h5-6,8-9,14-15H,7,10-13H2,1-4H3. The highest BCUT2D eigenvalue weighted by molar-refractivity contribution is 6.32. The molecule has 1 aromatic rings. The average Bonchev–Trinajstić information content (AvgIpc) is 2.62. The lowest BCUT2D eigenvalue weighted by Gasteiger charge is -2.25. The van der Waals surface area contributed by atoms with E-state index in [9.17, 15) is 9.59 Å². The summed E-state index contributed by atoms with van der Waals surface area (Å²) in [5.41, 5.74) is 0. The second-order valence-electron chi connectivity index (χ2n) is 6.26. The van der Waals surface area contributed by atoms with Gasteiger partial charge in [0.25, 0.3) is 5.91 Å². The summed E-state index contributed by atoms with van der Waals surface area (Å²) in [5.74, 6) is -0.541. The minimum absolute atomic E-state index is 0.136. The number of para-hydroxylation sites is 1. The zero-order valence-corrected chi connectivity index (χ0v) is 16.6. The van der Waals surface area contributed by atoms with Gasteiger partial charge in [0.1, 0.15) is 5.75 Å². The number of esters is 1. The molecule has 0 aromatic heterocycles. The van der Waals surface area contributed by atoms with Gasteiger partial charge in [0, 0.05) is 19.7 Å². The van der Waals surface area contributed by atoms with Crippen LogP contribution in [0.2, 0.25) is 5.02 Å². The van der Waals surface area contributed by atoms with Crippen molar-refractivity contribution in [2.75, 3.05) is 33.4 Å². The van der Waals surface area contributed by atoms with Crippen LogP contribution in [-0.2, 0) is 19.1 Å². The van der Waals surface area contributed by atoms with E-state index < -0.39 is 5.92 Å². The first-order chi connectivity index (χ1) is 12.3. The Kier molecular flexibility index (Phi) is 10.1. The molecule has 0 radical (unpaired) electrons. The Morgan fingerprint density at radius 2 is 1.88 bits per heavy atom. The van der Waals surface area contributed by atoms with Crippen LogP contribution in [0.15, 0.2) is 24.3 Å². The molecule has 0 heterocycles. The van der Waals surface area contributed by atoms with E-state index in [0.717, 1.165) is 0 Å². The SMILES string of the molecule is COC(=O)C(C)CN(CCCOC(C)C)C(=O)COc1ccccc1Cl. The largest absolute Gasteiger partial charge is 0.482 e. The monoisotopic (exact) mass is 385 g/mol. The predicted molar refractivity (Wildman–Crippen MR) is 100 cm³/mol. The van der Waals surface area contributed by atoms with Crippen LogP contribution in [0.25, 0.3) is 0 Å². The molecular weight excluding hydrogens is 358 g/mol. The lowest BCUT2D eigenvalue weighted by atomic mass is 10.1. The number of carbonyl (C=O) groups excluding carboxylic acids is 2. The summed E-state index contributed by atoms with van der Waals surface area (Å²) in [6.45, 7) is 6.77. The third-order valence-corrected chi connectivity index (χ3v) is 3.97. The van der Waals surface area contributed by atoms with Crippen LogP contribution < -0.4 is 4.74 Å². The van der Waals surface area contributed by atoms with Gasteiger partial charge in [0.2, 0.25) is 0 Å². The molecule has 7 heteroatoms. The fourth-order valence-corrected chi connectivity index (χ4v) is 2.48. The Morgan fingerprint density at radius 3 is 2.50 bits per heavy atom. The second kappa shape index (κ2) is 11.8.